The molecule has 90 valence electrons. The number of carbonyl (C=O) groups excluding carboxylic acids is 2. The third-order valence-corrected chi connectivity index (χ3v) is 1.46. The third kappa shape index (κ3) is 6.27. The molecule has 0 fully saturated rings. The lowest BCUT2D eigenvalue weighted by atomic mass is 10.3. The largest absolute Gasteiger partial charge is 0.467 e. The molecule has 0 radical (unpaired) electrons. The molecule has 0 aromatic heterocycles. The minimum absolute atomic E-state index is 0. The van der Waals surface area contributed by atoms with Crippen molar-refractivity contribution >= 4 is 24.3 Å². The Kier molecular flexibility index (Phi) is 10.7. The fourth-order valence-electron chi connectivity index (χ4n) is 0.731. The van der Waals surface area contributed by atoms with Crippen LogP contribution in [0, 0.1) is 0 Å². The number of ether oxygens (including phenoxy) is 3. The van der Waals surface area contributed by atoms with Crippen molar-refractivity contribution in [2.24, 2.45) is 5.73 Å². The summed E-state index contributed by atoms with van der Waals surface area (Å²) in [6.07, 6.45) is -0.749. The van der Waals surface area contributed by atoms with E-state index in [0.29, 0.717) is 13.0 Å². The maximum atomic E-state index is 11.0. The first kappa shape index (κ1) is 16.6. The van der Waals surface area contributed by atoms with Crippen molar-refractivity contribution < 1.29 is 23.8 Å². The van der Waals surface area contributed by atoms with Gasteiger partial charge in [-0.25, -0.2) is 9.59 Å². The molecule has 0 unspecified atom stereocenters. The normalized spacial score (nSPS) is 9.33. The second kappa shape index (κ2) is 9.70. The summed E-state index contributed by atoms with van der Waals surface area (Å²) in [5.41, 5.74) is 5.22. The number of nitrogens with two attached hydrogens (primary N) is 1. The summed E-state index contributed by atoms with van der Waals surface area (Å²) in [6.45, 7) is 0.639. The van der Waals surface area contributed by atoms with Crippen LogP contribution in [-0.2, 0) is 23.8 Å². The third-order valence-electron chi connectivity index (χ3n) is 1.46. The summed E-state index contributed by atoms with van der Waals surface area (Å²) in [4.78, 5) is 22.1. The molecule has 0 aliphatic heterocycles. The number of hydrogen-bond acceptors (Lipinski definition) is 6. The summed E-state index contributed by atoms with van der Waals surface area (Å²) >= 11 is 0. The van der Waals surface area contributed by atoms with Crippen molar-refractivity contribution in [3.63, 3.8) is 0 Å². The van der Waals surface area contributed by atoms with E-state index in [-0.39, 0.29) is 19.0 Å². The number of hydrogen-bond donors (Lipinski definition) is 1. The van der Waals surface area contributed by atoms with E-state index in [1.165, 1.54) is 14.2 Å². The van der Waals surface area contributed by atoms with Crippen LogP contribution < -0.4 is 5.73 Å². The van der Waals surface area contributed by atoms with Crippen LogP contribution in [0.15, 0.2) is 0 Å². The molecule has 0 saturated carbocycles. The van der Waals surface area contributed by atoms with Crippen LogP contribution in [0.25, 0.3) is 0 Å². The standard InChI is InChI=1S/C8H15NO5.ClH/c1-12-7(10)6(8(11)13-2)14-5-3-4-9;/h6H,3-5,9H2,1-2H3;1H. The Morgan fingerprint density at radius 1 is 1.20 bits per heavy atom. The molecule has 0 aromatic carbocycles. The summed E-state index contributed by atoms with van der Waals surface area (Å²) in [5, 5.41) is 0. The number of halogens is 1. The maximum Gasteiger partial charge on any atom is 0.346 e. The zero-order chi connectivity index (χ0) is 11.0. The van der Waals surface area contributed by atoms with Crippen molar-refractivity contribution in [3.05, 3.63) is 0 Å². The van der Waals surface area contributed by atoms with Gasteiger partial charge in [-0.3, -0.25) is 0 Å². The van der Waals surface area contributed by atoms with E-state index in [9.17, 15) is 9.59 Å². The minimum atomic E-state index is -1.31. The molecule has 0 aliphatic carbocycles. The lowest BCUT2D eigenvalue weighted by molar-refractivity contribution is -0.170. The minimum Gasteiger partial charge on any atom is -0.467 e. The molecule has 0 aliphatic rings. The van der Waals surface area contributed by atoms with Crippen LogP contribution in [0.2, 0.25) is 0 Å². The predicted octanol–water partition coefficient (Wildman–Crippen LogP) is -0.512. The van der Waals surface area contributed by atoms with Gasteiger partial charge in [0.15, 0.2) is 0 Å². The van der Waals surface area contributed by atoms with Gasteiger partial charge < -0.3 is 19.9 Å². The first-order valence-corrected chi connectivity index (χ1v) is 4.14. The van der Waals surface area contributed by atoms with Crippen molar-refractivity contribution in [2.75, 3.05) is 27.4 Å². The van der Waals surface area contributed by atoms with E-state index in [2.05, 4.69) is 9.47 Å². The molecular weight excluding hydrogens is 226 g/mol. The van der Waals surface area contributed by atoms with E-state index in [0.717, 1.165) is 0 Å². The molecular formula is C8H16ClNO5. The van der Waals surface area contributed by atoms with E-state index in [4.69, 9.17) is 10.5 Å². The lowest BCUT2D eigenvalue weighted by Crippen LogP contribution is -2.35. The van der Waals surface area contributed by atoms with E-state index in [1.54, 1.807) is 0 Å². The van der Waals surface area contributed by atoms with Gasteiger partial charge in [-0.1, -0.05) is 0 Å². The first-order chi connectivity index (χ1) is 6.67. The molecule has 2 N–H and O–H groups in total. The highest BCUT2D eigenvalue weighted by Crippen LogP contribution is 1.99. The number of esters is 2. The Hall–Kier alpha value is -0.850. The summed E-state index contributed by atoms with van der Waals surface area (Å²) in [7, 11) is 2.34. The molecule has 0 heterocycles. The van der Waals surface area contributed by atoms with Gasteiger partial charge in [0.05, 0.1) is 14.2 Å². The van der Waals surface area contributed by atoms with Gasteiger partial charge in [0.2, 0.25) is 0 Å². The molecule has 0 atom stereocenters. The molecule has 0 saturated heterocycles. The second-order valence-electron chi connectivity index (χ2n) is 2.44. The molecule has 15 heavy (non-hydrogen) atoms. The highest BCUT2D eigenvalue weighted by molar-refractivity contribution is 5.97. The zero-order valence-electron chi connectivity index (χ0n) is 8.73. The van der Waals surface area contributed by atoms with Crippen molar-refractivity contribution in [3.8, 4) is 0 Å². The molecule has 6 nitrogen and oxygen atoms in total. The van der Waals surface area contributed by atoms with E-state index >= 15 is 0 Å². The van der Waals surface area contributed by atoms with Gasteiger partial charge in [0.25, 0.3) is 6.10 Å². The molecule has 0 amide bonds. The first-order valence-electron chi connectivity index (χ1n) is 4.14. The Bertz CT molecular complexity index is 183. The fraction of sp³-hybridized carbons (Fsp3) is 0.750. The topological polar surface area (TPSA) is 87.9 Å². The fourth-order valence-corrected chi connectivity index (χ4v) is 0.731. The van der Waals surface area contributed by atoms with Crippen molar-refractivity contribution in [1.29, 1.82) is 0 Å². The van der Waals surface area contributed by atoms with E-state index in [1.807, 2.05) is 0 Å². The van der Waals surface area contributed by atoms with Gasteiger partial charge in [-0.05, 0) is 13.0 Å². The van der Waals surface area contributed by atoms with E-state index < -0.39 is 18.0 Å². The number of carbonyl (C=O) groups is 2. The van der Waals surface area contributed by atoms with Crippen LogP contribution in [0.1, 0.15) is 6.42 Å². The van der Waals surface area contributed by atoms with Gasteiger partial charge in [0.1, 0.15) is 0 Å². The average Bonchev–Trinajstić information content (AvgIpc) is 2.22. The molecule has 0 aromatic rings. The maximum absolute atomic E-state index is 11.0. The smallest absolute Gasteiger partial charge is 0.346 e. The van der Waals surface area contributed by atoms with Crippen LogP contribution in [0.5, 0.6) is 0 Å². The highest BCUT2D eigenvalue weighted by atomic mass is 35.5. The van der Waals surface area contributed by atoms with Crippen LogP contribution >= 0.6 is 12.4 Å². The lowest BCUT2D eigenvalue weighted by Gasteiger charge is -2.12. The summed E-state index contributed by atoms with van der Waals surface area (Å²) < 4.78 is 13.7. The molecule has 0 bridgehead atoms. The summed E-state index contributed by atoms with van der Waals surface area (Å²) in [5.74, 6) is -1.54. The monoisotopic (exact) mass is 241 g/mol. The zero-order valence-corrected chi connectivity index (χ0v) is 9.54. The Balaban J connectivity index is 0. The summed E-state index contributed by atoms with van der Waals surface area (Å²) in [6, 6.07) is 0. The van der Waals surface area contributed by atoms with Crippen LogP contribution in [-0.4, -0.2) is 45.4 Å². The molecule has 0 spiro atoms. The number of methoxy groups -OCH3 is 2. The molecule has 7 heteroatoms. The van der Waals surface area contributed by atoms with Gasteiger partial charge in [0, 0.05) is 6.61 Å². The second-order valence-corrected chi connectivity index (χ2v) is 2.44. The Morgan fingerprint density at radius 2 is 1.67 bits per heavy atom. The average molecular weight is 242 g/mol. The molecule has 0 rings (SSSR count). The van der Waals surface area contributed by atoms with Crippen LogP contribution in [0.3, 0.4) is 0 Å². The Morgan fingerprint density at radius 3 is 2.00 bits per heavy atom. The van der Waals surface area contributed by atoms with Crippen molar-refractivity contribution in [2.45, 2.75) is 12.5 Å². The number of rotatable bonds is 6. The van der Waals surface area contributed by atoms with Gasteiger partial charge in [-0.2, -0.15) is 0 Å². The van der Waals surface area contributed by atoms with Gasteiger partial charge >= 0.3 is 11.9 Å². The Labute approximate surface area is 94.5 Å². The SMILES string of the molecule is COC(=O)C(OCCCN)C(=O)OC.Cl. The quantitative estimate of drug-likeness (QED) is 0.383. The van der Waals surface area contributed by atoms with Crippen molar-refractivity contribution in [1.82, 2.24) is 0 Å². The highest BCUT2D eigenvalue weighted by Gasteiger charge is 2.29. The predicted molar refractivity (Wildman–Crippen MR) is 54.7 cm³/mol. The van der Waals surface area contributed by atoms with Crippen LogP contribution in [0.4, 0.5) is 0 Å². The van der Waals surface area contributed by atoms with Gasteiger partial charge in [-0.15, -0.1) is 12.4 Å².